The lowest BCUT2D eigenvalue weighted by Gasteiger charge is -2.13. The first-order valence-corrected chi connectivity index (χ1v) is 10.8. The summed E-state index contributed by atoms with van der Waals surface area (Å²) in [5, 5.41) is 2.28. The Hall–Kier alpha value is -3.98. The SMILES string of the molecule is O=C(NCCN1C(=O)S/C(=C\c2ccc(F)cc2)C1=O)c1ccc(Oc2cccnc2)cc1. The van der Waals surface area contributed by atoms with Gasteiger partial charge in [0.1, 0.15) is 17.3 Å². The molecular weight excluding hydrogens is 445 g/mol. The largest absolute Gasteiger partial charge is 0.456 e. The first-order chi connectivity index (χ1) is 16.0. The van der Waals surface area contributed by atoms with Gasteiger partial charge in [-0.15, -0.1) is 0 Å². The molecule has 0 saturated carbocycles. The molecule has 0 atom stereocenters. The Balaban J connectivity index is 1.29. The number of rotatable bonds is 7. The van der Waals surface area contributed by atoms with Crippen LogP contribution in [0.2, 0.25) is 0 Å². The fourth-order valence-corrected chi connectivity index (χ4v) is 3.87. The van der Waals surface area contributed by atoms with Crippen molar-refractivity contribution in [2.24, 2.45) is 0 Å². The molecule has 1 aromatic heterocycles. The zero-order chi connectivity index (χ0) is 23.2. The smallest absolute Gasteiger partial charge is 0.293 e. The Morgan fingerprint density at radius 1 is 1.06 bits per heavy atom. The van der Waals surface area contributed by atoms with E-state index in [-0.39, 0.29) is 29.7 Å². The Labute approximate surface area is 193 Å². The van der Waals surface area contributed by atoms with Crippen LogP contribution in [-0.4, -0.2) is 40.0 Å². The number of hydrogen-bond donors (Lipinski definition) is 1. The summed E-state index contributed by atoms with van der Waals surface area (Å²) >= 11 is 0.812. The van der Waals surface area contributed by atoms with E-state index >= 15 is 0 Å². The van der Waals surface area contributed by atoms with E-state index in [0.717, 1.165) is 16.7 Å². The molecule has 1 fully saturated rings. The van der Waals surface area contributed by atoms with Gasteiger partial charge in [-0.1, -0.05) is 12.1 Å². The number of aromatic nitrogens is 1. The van der Waals surface area contributed by atoms with Gasteiger partial charge < -0.3 is 10.1 Å². The third-order valence-corrected chi connectivity index (χ3v) is 5.56. The second-order valence-electron chi connectivity index (χ2n) is 6.96. The second-order valence-corrected chi connectivity index (χ2v) is 7.95. The standard InChI is InChI=1S/C24H18FN3O4S/c25-18-7-3-16(4-8-18)14-21-23(30)28(24(31)33-21)13-12-27-22(29)17-5-9-19(10-6-17)32-20-2-1-11-26-15-20/h1-11,14-15H,12-13H2,(H,27,29)/b21-14-. The molecule has 0 spiro atoms. The minimum absolute atomic E-state index is 0.0410. The molecule has 7 nitrogen and oxygen atoms in total. The van der Waals surface area contributed by atoms with Gasteiger partial charge in [-0.05, 0) is 71.9 Å². The van der Waals surface area contributed by atoms with Crippen LogP contribution in [0.15, 0.2) is 78.0 Å². The van der Waals surface area contributed by atoms with Crippen molar-refractivity contribution in [3.05, 3.63) is 94.9 Å². The minimum Gasteiger partial charge on any atom is -0.456 e. The maximum absolute atomic E-state index is 13.0. The number of nitrogens with one attached hydrogen (secondary N) is 1. The molecular formula is C24H18FN3O4S. The van der Waals surface area contributed by atoms with E-state index in [1.807, 2.05) is 0 Å². The van der Waals surface area contributed by atoms with Crippen LogP contribution in [0.5, 0.6) is 11.5 Å². The Morgan fingerprint density at radius 3 is 2.52 bits per heavy atom. The summed E-state index contributed by atoms with van der Waals surface area (Å²) in [6, 6.07) is 15.7. The summed E-state index contributed by atoms with van der Waals surface area (Å²) in [6.07, 6.45) is 4.77. The second kappa shape index (κ2) is 10.1. The number of hydrogen-bond acceptors (Lipinski definition) is 6. The van der Waals surface area contributed by atoms with Crippen molar-refractivity contribution in [3.8, 4) is 11.5 Å². The van der Waals surface area contributed by atoms with E-state index in [9.17, 15) is 18.8 Å². The minimum atomic E-state index is -0.444. The monoisotopic (exact) mass is 463 g/mol. The molecule has 2 aromatic carbocycles. The predicted molar refractivity (Wildman–Crippen MR) is 122 cm³/mol. The maximum Gasteiger partial charge on any atom is 0.293 e. The fraction of sp³-hybridized carbons (Fsp3) is 0.0833. The van der Waals surface area contributed by atoms with Gasteiger partial charge in [-0.3, -0.25) is 24.3 Å². The van der Waals surface area contributed by atoms with Crippen LogP contribution in [-0.2, 0) is 4.79 Å². The van der Waals surface area contributed by atoms with Gasteiger partial charge in [-0.25, -0.2) is 4.39 Å². The highest BCUT2D eigenvalue weighted by Crippen LogP contribution is 2.31. The van der Waals surface area contributed by atoms with Crippen molar-refractivity contribution in [1.82, 2.24) is 15.2 Å². The van der Waals surface area contributed by atoms with E-state index in [1.165, 1.54) is 30.3 Å². The topological polar surface area (TPSA) is 88.6 Å². The number of benzene rings is 2. The Morgan fingerprint density at radius 2 is 1.82 bits per heavy atom. The predicted octanol–water partition coefficient (Wildman–Crippen LogP) is 4.48. The molecule has 166 valence electrons. The van der Waals surface area contributed by atoms with Crippen molar-refractivity contribution in [3.63, 3.8) is 0 Å². The average molecular weight is 463 g/mol. The zero-order valence-corrected chi connectivity index (χ0v) is 18.0. The number of carbonyl (C=O) groups excluding carboxylic acids is 3. The van der Waals surface area contributed by atoms with E-state index in [0.29, 0.717) is 22.6 Å². The van der Waals surface area contributed by atoms with Crippen LogP contribution >= 0.6 is 11.8 Å². The van der Waals surface area contributed by atoms with Crippen molar-refractivity contribution < 1.29 is 23.5 Å². The molecule has 9 heteroatoms. The molecule has 1 N–H and O–H groups in total. The van der Waals surface area contributed by atoms with Crippen molar-refractivity contribution in [1.29, 1.82) is 0 Å². The molecule has 0 bridgehead atoms. The van der Waals surface area contributed by atoms with Gasteiger partial charge in [0, 0.05) is 24.8 Å². The molecule has 3 amide bonds. The highest BCUT2D eigenvalue weighted by Gasteiger charge is 2.34. The fourth-order valence-electron chi connectivity index (χ4n) is 3.00. The molecule has 1 aliphatic heterocycles. The Kier molecular flexibility index (Phi) is 6.80. The molecule has 0 radical (unpaired) electrons. The summed E-state index contributed by atoms with van der Waals surface area (Å²) in [5.41, 5.74) is 1.03. The first-order valence-electron chi connectivity index (χ1n) is 9.97. The summed E-state index contributed by atoms with van der Waals surface area (Å²) < 4.78 is 18.7. The van der Waals surface area contributed by atoms with Crippen LogP contribution in [0.25, 0.3) is 6.08 Å². The van der Waals surface area contributed by atoms with Crippen molar-refractivity contribution >= 4 is 34.9 Å². The molecule has 3 aromatic rings. The van der Waals surface area contributed by atoms with Crippen LogP contribution < -0.4 is 10.1 Å². The van der Waals surface area contributed by atoms with Crippen LogP contribution in [0.3, 0.4) is 0 Å². The number of halogens is 1. The summed E-state index contributed by atoms with van der Waals surface area (Å²) in [4.78, 5) is 42.4. The molecule has 33 heavy (non-hydrogen) atoms. The van der Waals surface area contributed by atoms with Gasteiger partial charge in [0.15, 0.2) is 0 Å². The van der Waals surface area contributed by atoms with Crippen molar-refractivity contribution in [2.45, 2.75) is 0 Å². The average Bonchev–Trinajstić information content (AvgIpc) is 3.09. The van der Waals surface area contributed by atoms with E-state index in [2.05, 4.69) is 10.3 Å². The summed E-state index contributed by atoms with van der Waals surface area (Å²) in [6.45, 7) is 0.147. The summed E-state index contributed by atoms with van der Waals surface area (Å²) in [7, 11) is 0. The van der Waals surface area contributed by atoms with Gasteiger partial charge >= 0.3 is 0 Å². The normalized spacial score (nSPS) is 14.6. The number of nitrogens with zero attached hydrogens (tertiary/aromatic N) is 2. The Bertz CT molecular complexity index is 1200. The van der Waals surface area contributed by atoms with Gasteiger partial charge in [-0.2, -0.15) is 0 Å². The molecule has 4 rings (SSSR count). The van der Waals surface area contributed by atoms with Gasteiger partial charge in [0.2, 0.25) is 0 Å². The van der Waals surface area contributed by atoms with Crippen LogP contribution in [0, 0.1) is 5.82 Å². The number of imide groups is 1. The number of ether oxygens (including phenoxy) is 1. The molecule has 1 aliphatic rings. The van der Waals surface area contributed by atoms with E-state index in [1.54, 1.807) is 48.8 Å². The third kappa shape index (κ3) is 5.64. The number of thioether (sulfide) groups is 1. The lowest BCUT2D eigenvalue weighted by Crippen LogP contribution is -2.37. The highest BCUT2D eigenvalue weighted by molar-refractivity contribution is 8.18. The van der Waals surface area contributed by atoms with E-state index < -0.39 is 11.1 Å². The lowest BCUT2D eigenvalue weighted by molar-refractivity contribution is -0.122. The van der Waals surface area contributed by atoms with Crippen LogP contribution in [0.1, 0.15) is 15.9 Å². The maximum atomic E-state index is 13.0. The lowest BCUT2D eigenvalue weighted by atomic mass is 10.2. The highest BCUT2D eigenvalue weighted by atomic mass is 32.2. The molecule has 2 heterocycles. The molecule has 0 unspecified atom stereocenters. The third-order valence-electron chi connectivity index (χ3n) is 4.65. The number of pyridine rings is 1. The number of carbonyl (C=O) groups is 3. The van der Waals surface area contributed by atoms with Gasteiger partial charge in [0.25, 0.3) is 17.1 Å². The van der Waals surface area contributed by atoms with Gasteiger partial charge in [0.05, 0.1) is 11.1 Å². The number of amides is 3. The van der Waals surface area contributed by atoms with Crippen molar-refractivity contribution in [2.75, 3.05) is 13.1 Å². The van der Waals surface area contributed by atoms with E-state index in [4.69, 9.17) is 4.74 Å². The van der Waals surface area contributed by atoms with Crippen LogP contribution in [0.4, 0.5) is 9.18 Å². The summed E-state index contributed by atoms with van der Waals surface area (Å²) in [5.74, 6) is -0.0189. The molecule has 0 aliphatic carbocycles. The first kappa shape index (κ1) is 22.2. The zero-order valence-electron chi connectivity index (χ0n) is 17.2. The quantitative estimate of drug-likeness (QED) is 0.520. The molecule has 1 saturated heterocycles.